The minimum Gasteiger partial charge on any atom is -0.354 e. The lowest BCUT2D eigenvalue weighted by molar-refractivity contribution is -0.789. The number of carbonyl (C=O) groups excluding carboxylic acids is 1. The van der Waals surface area contributed by atoms with Crippen LogP contribution < -0.4 is 15.8 Å². The number of hydrogen-bond acceptors (Lipinski definition) is 12. The molecule has 0 spiro atoms. The highest BCUT2D eigenvalue weighted by Crippen LogP contribution is 2.34. The molecule has 34 heavy (non-hydrogen) atoms. The molecule has 1 atom stereocenters. The first-order valence-electron chi connectivity index (χ1n) is 9.01. The van der Waals surface area contributed by atoms with Gasteiger partial charge in [0.25, 0.3) is 20.2 Å². The van der Waals surface area contributed by atoms with E-state index in [1.54, 1.807) is 0 Å². The number of hydrogen-bond donors (Lipinski definition) is 3. The molecule has 20 heteroatoms. The molecule has 0 saturated heterocycles. The Morgan fingerprint density at radius 3 is 2.56 bits per heavy atom. The molecule has 188 valence electrons. The van der Waals surface area contributed by atoms with Crippen LogP contribution in [-0.4, -0.2) is 58.0 Å². The predicted molar refractivity (Wildman–Crippen MR) is 113 cm³/mol. The topological polar surface area (TPSA) is 253 Å². The first-order chi connectivity index (χ1) is 15.7. The van der Waals surface area contributed by atoms with Gasteiger partial charge in [0.1, 0.15) is 28.3 Å². The summed E-state index contributed by atoms with van der Waals surface area (Å²) in [5.41, 5.74) is -0.0302. The molecule has 0 fully saturated rings. The second-order valence-electron chi connectivity index (χ2n) is 6.59. The first-order valence-corrected chi connectivity index (χ1v) is 12.4. The number of nitrogens with one attached hydrogen (secondary N) is 2. The van der Waals surface area contributed by atoms with Crippen molar-refractivity contribution < 1.29 is 41.5 Å². The third-order valence-corrected chi connectivity index (χ3v) is 6.80. The fourth-order valence-electron chi connectivity index (χ4n) is 2.67. The van der Waals surface area contributed by atoms with Gasteiger partial charge in [-0.15, -0.1) is 24.6 Å². The van der Waals surface area contributed by atoms with Crippen molar-refractivity contribution >= 4 is 49.1 Å². The van der Waals surface area contributed by atoms with Crippen LogP contribution in [0.25, 0.3) is 0 Å². The third kappa shape index (κ3) is 7.64. The van der Waals surface area contributed by atoms with Gasteiger partial charge >= 0.3 is 0 Å². The normalized spacial score (nSPS) is 15.2. The summed E-state index contributed by atoms with van der Waals surface area (Å²) in [6.45, 7) is -1.25. The SMILES string of the molecule is NS(=O)(=O)c1cc2c(cc1Cl)NC(CCCC(=O)NC[C@@H](CO[N+](=O)[O-])O[N+](=O)[O-])=NS2(=O)=O. The van der Waals surface area contributed by atoms with Gasteiger partial charge in [0.05, 0.1) is 10.7 Å². The number of benzene rings is 1. The van der Waals surface area contributed by atoms with Crippen molar-refractivity contribution in [2.24, 2.45) is 9.54 Å². The highest BCUT2D eigenvalue weighted by molar-refractivity contribution is 7.91. The summed E-state index contributed by atoms with van der Waals surface area (Å²) in [4.78, 5) is 39.7. The Kier molecular flexibility index (Phi) is 8.53. The van der Waals surface area contributed by atoms with Gasteiger partial charge in [0, 0.05) is 19.4 Å². The number of primary sulfonamides is 1. The maximum atomic E-state index is 12.4. The number of rotatable bonds is 12. The minimum atomic E-state index is -4.29. The summed E-state index contributed by atoms with van der Waals surface area (Å²) in [6, 6.07) is 1.85. The van der Waals surface area contributed by atoms with Crippen molar-refractivity contribution in [1.29, 1.82) is 0 Å². The number of nitrogens with zero attached hydrogens (tertiary/aromatic N) is 3. The zero-order valence-electron chi connectivity index (χ0n) is 16.9. The van der Waals surface area contributed by atoms with Gasteiger partial charge < -0.3 is 20.3 Å². The lowest BCUT2D eigenvalue weighted by Crippen LogP contribution is -2.38. The molecule has 1 aromatic rings. The van der Waals surface area contributed by atoms with Gasteiger partial charge in [-0.3, -0.25) is 4.79 Å². The van der Waals surface area contributed by atoms with Crippen molar-refractivity contribution in [2.45, 2.75) is 35.2 Å². The molecule has 17 nitrogen and oxygen atoms in total. The van der Waals surface area contributed by atoms with E-state index in [0.29, 0.717) is 0 Å². The largest absolute Gasteiger partial charge is 0.354 e. The van der Waals surface area contributed by atoms with Crippen molar-refractivity contribution in [3.8, 4) is 0 Å². The number of amidine groups is 1. The van der Waals surface area contributed by atoms with Crippen LogP contribution in [0.15, 0.2) is 26.3 Å². The summed E-state index contributed by atoms with van der Waals surface area (Å²) in [6.07, 6.45) is -1.54. The molecule has 1 amide bonds. The molecule has 1 aliphatic rings. The second kappa shape index (κ2) is 10.8. The van der Waals surface area contributed by atoms with Crippen molar-refractivity contribution in [3.63, 3.8) is 0 Å². The van der Waals surface area contributed by atoms with Crippen LogP contribution in [0.3, 0.4) is 0 Å². The first kappa shape index (κ1) is 27.0. The smallest absolute Gasteiger partial charge is 0.294 e. The molecule has 0 aromatic heterocycles. The van der Waals surface area contributed by atoms with E-state index in [1.165, 1.54) is 0 Å². The van der Waals surface area contributed by atoms with E-state index in [4.69, 9.17) is 16.7 Å². The van der Waals surface area contributed by atoms with Crippen molar-refractivity contribution in [3.05, 3.63) is 37.4 Å². The average molecular weight is 545 g/mol. The maximum Gasteiger partial charge on any atom is 0.294 e. The number of anilines is 1. The fraction of sp³-hybridized carbons (Fsp3) is 0.429. The number of amides is 1. The quantitative estimate of drug-likeness (QED) is 0.224. The zero-order chi connectivity index (χ0) is 25.7. The molecule has 4 N–H and O–H groups in total. The molecule has 0 saturated carbocycles. The van der Waals surface area contributed by atoms with Crippen LogP contribution in [0, 0.1) is 20.2 Å². The van der Waals surface area contributed by atoms with Crippen LogP contribution in [0.5, 0.6) is 0 Å². The molecular weight excluding hydrogens is 528 g/mol. The summed E-state index contributed by atoms with van der Waals surface area (Å²) < 4.78 is 51.5. The Morgan fingerprint density at radius 2 is 1.97 bits per heavy atom. The van der Waals surface area contributed by atoms with Crippen LogP contribution in [0.2, 0.25) is 5.02 Å². The number of nitrogens with two attached hydrogens (primary N) is 1. The van der Waals surface area contributed by atoms with Crippen molar-refractivity contribution in [1.82, 2.24) is 5.32 Å². The zero-order valence-corrected chi connectivity index (χ0v) is 19.3. The van der Waals surface area contributed by atoms with Gasteiger partial charge in [-0.25, -0.2) is 13.6 Å². The maximum absolute atomic E-state index is 12.4. The third-order valence-electron chi connectivity index (χ3n) is 4.07. The summed E-state index contributed by atoms with van der Waals surface area (Å²) in [5, 5.41) is 27.9. The Hall–Kier alpha value is -3.29. The molecule has 0 radical (unpaired) electrons. The van der Waals surface area contributed by atoms with E-state index in [1.807, 2.05) is 0 Å². The highest BCUT2D eigenvalue weighted by Gasteiger charge is 2.28. The van der Waals surface area contributed by atoms with Gasteiger partial charge in [-0.2, -0.15) is 8.42 Å². The minimum absolute atomic E-state index is 0.0279. The van der Waals surface area contributed by atoms with E-state index in [-0.39, 0.29) is 35.8 Å². The Balaban J connectivity index is 1.96. The summed E-state index contributed by atoms with van der Waals surface area (Å²) in [7, 11) is -8.58. The molecule has 0 aliphatic carbocycles. The van der Waals surface area contributed by atoms with Gasteiger partial charge in [-0.1, -0.05) is 11.6 Å². The van der Waals surface area contributed by atoms with Crippen LogP contribution in [-0.2, 0) is 34.5 Å². The molecule has 0 unspecified atom stereocenters. The van der Waals surface area contributed by atoms with Gasteiger partial charge in [0.2, 0.25) is 15.9 Å². The van der Waals surface area contributed by atoms with Gasteiger partial charge in [-0.05, 0) is 18.6 Å². The summed E-state index contributed by atoms with van der Waals surface area (Å²) >= 11 is 5.88. The van der Waals surface area contributed by atoms with Crippen LogP contribution in [0.4, 0.5) is 5.69 Å². The standard InChI is InChI=1S/C14H17ClN6O11S2/c15-9-4-10-12(5-11(9)33(16,27)28)34(29,30)19-13(18-10)2-1-3-14(22)17-6-8(32-21(25)26)7-31-20(23)24/h4-5,8H,1-3,6-7H2,(H,17,22)(H,18,19)(H2,16,27,28)/t8-/m0/s1. The lowest BCUT2D eigenvalue weighted by atomic mass is 10.2. The number of sulfonamides is 2. The molecule has 2 rings (SSSR count). The number of carbonyl (C=O) groups is 1. The average Bonchev–Trinajstić information content (AvgIpc) is 2.67. The predicted octanol–water partition coefficient (Wildman–Crippen LogP) is -0.428. The van der Waals surface area contributed by atoms with Gasteiger partial charge in [0.15, 0.2) is 0 Å². The molecule has 1 heterocycles. The monoisotopic (exact) mass is 544 g/mol. The Labute approximate surface area is 196 Å². The van der Waals surface area contributed by atoms with Crippen molar-refractivity contribution in [2.75, 3.05) is 18.5 Å². The van der Waals surface area contributed by atoms with Crippen LogP contribution >= 0.6 is 11.6 Å². The Bertz CT molecular complexity index is 1230. The molecule has 0 bridgehead atoms. The fourth-order valence-corrected chi connectivity index (χ4v) is 5.02. The molecule has 1 aliphatic heterocycles. The number of fused-ring (bicyclic) bond motifs is 1. The Morgan fingerprint density at radius 1 is 1.29 bits per heavy atom. The van der Waals surface area contributed by atoms with E-state index < -0.39 is 65.2 Å². The van der Waals surface area contributed by atoms with E-state index in [2.05, 4.69) is 24.7 Å². The highest BCUT2D eigenvalue weighted by atomic mass is 35.5. The lowest BCUT2D eigenvalue weighted by Gasteiger charge is -2.19. The van der Waals surface area contributed by atoms with Crippen LogP contribution in [0.1, 0.15) is 19.3 Å². The van der Waals surface area contributed by atoms with E-state index in [0.717, 1.165) is 12.1 Å². The van der Waals surface area contributed by atoms with E-state index in [9.17, 15) is 41.9 Å². The summed E-state index contributed by atoms with van der Waals surface area (Å²) in [5.74, 6) is -0.660. The second-order valence-corrected chi connectivity index (χ2v) is 10.1. The molecule has 1 aromatic carbocycles. The number of halogens is 1. The van der Waals surface area contributed by atoms with E-state index >= 15 is 0 Å². The molecular formula is C14H17ClN6O11S2.